The van der Waals surface area contributed by atoms with Crippen molar-refractivity contribution in [2.24, 2.45) is 13.0 Å². The Morgan fingerprint density at radius 2 is 2.25 bits per heavy atom. The van der Waals surface area contributed by atoms with Gasteiger partial charge in [-0.2, -0.15) is 5.10 Å². The average Bonchev–Trinajstić information content (AvgIpc) is 2.44. The standard InChI is InChI=1S/C11H17BrN2O2/c1-4-8-11(12)9(14(3)13-8)5-7(2)6-10(15)16/h7H,4-6H2,1-3H3,(H,15,16). The van der Waals surface area contributed by atoms with Crippen molar-refractivity contribution in [3.8, 4) is 0 Å². The highest BCUT2D eigenvalue weighted by atomic mass is 79.9. The molecular formula is C11H17BrN2O2. The van der Waals surface area contributed by atoms with Crippen molar-refractivity contribution < 1.29 is 9.90 Å². The third-order valence-corrected chi connectivity index (χ3v) is 3.48. The molecule has 1 N–H and O–H groups in total. The van der Waals surface area contributed by atoms with E-state index in [1.54, 1.807) is 0 Å². The second-order valence-electron chi connectivity index (χ2n) is 4.09. The minimum atomic E-state index is -0.749. The van der Waals surface area contributed by atoms with Crippen molar-refractivity contribution in [3.63, 3.8) is 0 Å². The van der Waals surface area contributed by atoms with Gasteiger partial charge in [-0.1, -0.05) is 13.8 Å². The fourth-order valence-corrected chi connectivity index (χ4v) is 2.52. The van der Waals surface area contributed by atoms with E-state index in [1.807, 2.05) is 18.7 Å². The molecule has 0 saturated carbocycles. The van der Waals surface area contributed by atoms with E-state index in [4.69, 9.17) is 5.11 Å². The summed E-state index contributed by atoms with van der Waals surface area (Å²) in [6.07, 6.45) is 1.80. The van der Waals surface area contributed by atoms with E-state index in [-0.39, 0.29) is 12.3 Å². The fraction of sp³-hybridized carbons (Fsp3) is 0.636. The molecule has 0 fully saturated rings. The van der Waals surface area contributed by atoms with Crippen LogP contribution < -0.4 is 0 Å². The van der Waals surface area contributed by atoms with Crippen molar-refractivity contribution in [3.05, 3.63) is 15.9 Å². The van der Waals surface area contributed by atoms with Gasteiger partial charge in [0.1, 0.15) is 0 Å². The molecule has 0 amide bonds. The summed E-state index contributed by atoms with van der Waals surface area (Å²) in [5, 5.41) is 13.1. The first-order chi connectivity index (χ1) is 7.45. The molecule has 0 bridgehead atoms. The predicted molar refractivity (Wildman–Crippen MR) is 65.4 cm³/mol. The molecule has 1 unspecified atom stereocenters. The smallest absolute Gasteiger partial charge is 0.303 e. The van der Waals surface area contributed by atoms with Crippen LogP contribution in [0, 0.1) is 5.92 Å². The molecule has 0 spiro atoms. The first-order valence-electron chi connectivity index (χ1n) is 5.37. The lowest BCUT2D eigenvalue weighted by atomic mass is 10.0. The number of carbonyl (C=O) groups is 1. The quantitative estimate of drug-likeness (QED) is 0.905. The molecule has 4 nitrogen and oxygen atoms in total. The van der Waals surface area contributed by atoms with Gasteiger partial charge in [-0.25, -0.2) is 0 Å². The van der Waals surface area contributed by atoms with Crippen LogP contribution in [0.25, 0.3) is 0 Å². The number of aliphatic carboxylic acids is 1. The molecule has 5 heteroatoms. The second kappa shape index (κ2) is 5.48. The van der Waals surface area contributed by atoms with Crippen LogP contribution in [0.1, 0.15) is 31.7 Å². The summed E-state index contributed by atoms with van der Waals surface area (Å²) in [5.41, 5.74) is 2.10. The number of hydrogen-bond donors (Lipinski definition) is 1. The molecule has 0 aliphatic heterocycles. The van der Waals surface area contributed by atoms with E-state index in [9.17, 15) is 4.79 Å². The summed E-state index contributed by atoms with van der Waals surface area (Å²) in [6, 6.07) is 0. The largest absolute Gasteiger partial charge is 0.481 e. The van der Waals surface area contributed by atoms with Crippen molar-refractivity contribution in [2.45, 2.75) is 33.1 Å². The molecule has 1 heterocycles. The van der Waals surface area contributed by atoms with Gasteiger partial charge in [0, 0.05) is 13.5 Å². The summed E-state index contributed by atoms with van der Waals surface area (Å²) in [7, 11) is 1.90. The maximum absolute atomic E-state index is 10.6. The average molecular weight is 289 g/mol. The van der Waals surface area contributed by atoms with Gasteiger partial charge < -0.3 is 5.11 Å². The zero-order valence-corrected chi connectivity index (χ0v) is 11.4. The number of carboxylic acids is 1. The number of aryl methyl sites for hydroxylation is 2. The molecule has 90 valence electrons. The summed E-state index contributed by atoms with van der Waals surface area (Å²) in [5.74, 6) is -0.629. The normalized spacial score (nSPS) is 12.8. The number of nitrogens with zero attached hydrogens (tertiary/aromatic N) is 2. The first-order valence-corrected chi connectivity index (χ1v) is 6.17. The summed E-state index contributed by atoms with van der Waals surface area (Å²) in [4.78, 5) is 10.6. The first kappa shape index (κ1) is 13.2. The van der Waals surface area contributed by atoms with E-state index in [0.717, 1.165) is 28.7 Å². The topological polar surface area (TPSA) is 55.1 Å². The Hall–Kier alpha value is -0.840. The minimum absolute atomic E-state index is 0.119. The Bertz CT molecular complexity index is 388. The molecular weight excluding hydrogens is 272 g/mol. The molecule has 1 rings (SSSR count). The van der Waals surface area contributed by atoms with Gasteiger partial charge in [0.2, 0.25) is 0 Å². The van der Waals surface area contributed by atoms with Crippen LogP contribution in [0.3, 0.4) is 0 Å². The van der Waals surface area contributed by atoms with Crippen LogP contribution in [-0.2, 0) is 24.7 Å². The van der Waals surface area contributed by atoms with Crippen LogP contribution in [0.2, 0.25) is 0 Å². The van der Waals surface area contributed by atoms with Gasteiger partial charge in [-0.05, 0) is 34.7 Å². The SMILES string of the molecule is CCc1nn(C)c(CC(C)CC(=O)O)c1Br. The van der Waals surface area contributed by atoms with Crippen molar-refractivity contribution in [1.29, 1.82) is 0 Å². The van der Waals surface area contributed by atoms with Gasteiger partial charge >= 0.3 is 5.97 Å². The number of halogens is 1. The molecule has 0 aliphatic rings. The summed E-state index contributed by atoms with van der Waals surface area (Å²) in [6.45, 7) is 4.00. The molecule has 1 aromatic heterocycles. The van der Waals surface area contributed by atoms with Crippen LogP contribution in [0.4, 0.5) is 0 Å². The Morgan fingerprint density at radius 1 is 1.62 bits per heavy atom. The maximum atomic E-state index is 10.6. The maximum Gasteiger partial charge on any atom is 0.303 e. The van der Waals surface area contributed by atoms with Crippen molar-refractivity contribution in [1.82, 2.24) is 9.78 Å². The lowest BCUT2D eigenvalue weighted by Crippen LogP contribution is -2.10. The Labute approximate surface area is 104 Å². The summed E-state index contributed by atoms with van der Waals surface area (Å²) < 4.78 is 2.86. The Kier molecular flexibility index (Phi) is 4.53. The number of carboxylic acid groups (broad SMARTS) is 1. The zero-order chi connectivity index (χ0) is 12.3. The molecule has 0 saturated heterocycles. The number of aromatic nitrogens is 2. The van der Waals surface area contributed by atoms with Gasteiger partial charge in [0.05, 0.1) is 15.9 Å². The number of hydrogen-bond acceptors (Lipinski definition) is 2. The van der Waals surface area contributed by atoms with Crippen molar-refractivity contribution >= 4 is 21.9 Å². The lowest BCUT2D eigenvalue weighted by molar-refractivity contribution is -0.137. The molecule has 0 radical (unpaired) electrons. The van der Waals surface area contributed by atoms with E-state index >= 15 is 0 Å². The van der Waals surface area contributed by atoms with Gasteiger partial charge in [-0.15, -0.1) is 0 Å². The number of rotatable bonds is 5. The van der Waals surface area contributed by atoms with E-state index < -0.39 is 5.97 Å². The van der Waals surface area contributed by atoms with E-state index in [0.29, 0.717) is 0 Å². The molecule has 1 aromatic rings. The molecule has 1 atom stereocenters. The third-order valence-electron chi connectivity index (χ3n) is 2.57. The van der Waals surface area contributed by atoms with Gasteiger partial charge in [0.15, 0.2) is 0 Å². The Balaban J connectivity index is 2.80. The van der Waals surface area contributed by atoms with Crippen LogP contribution in [0.15, 0.2) is 4.47 Å². The third kappa shape index (κ3) is 3.07. The molecule has 16 heavy (non-hydrogen) atoms. The van der Waals surface area contributed by atoms with Crippen LogP contribution >= 0.6 is 15.9 Å². The highest BCUT2D eigenvalue weighted by Gasteiger charge is 2.16. The summed E-state index contributed by atoms with van der Waals surface area (Å²) >= 11 is 3.53. The fourth-order valence-electron chi connectivity index (χ4n) is 1.74. The van der Waals surface area contributed by atoms with E-state index in [2.05, 4.69) is 28.0 Å². The highest BCUT2D eigenvalue weighted by Crippen LogP contribution is 2.24. The lowest BCUT2D eigenvalue weighted by Gasteiger charge is -2.09. The minimum Gasteiger partial charge on any atom is -0.481 e. The monoisotopic (exact) mass is 288 g/mol. The van der Waals surface area contributed by atoms with Gasteiger partial charge in [-0.3, -0.25) is 9.48 Å². The van der Waals surface area contributed by atoms with Crippen LogP contribution in [-0.4, -0.2) is 20.9 Å². The molecule has 0 aromatic carbocycles. The van der Waals surface area contributed by atoms with Crippen LogP contribution in [0.5, 0.6) is 0 Å². The van der Waals surface area contributed by atoms with Crippen molar-refractivity contribution in [2.75, 3.05) is 0 Å². The predicted octanol–water partition coefficient (Wildman–Crippen LogP) is 2.40. The Morgan fingerprint density at radius 3 is 2.69 bits per heavy atom. The second-order valence-corrected chi connectivity index (χ2v) is 4.88. The zero-order valence-electron chi connectivity index (χ0n) is 9.83. The van der Waals surface area contributed by atoms with E-state index in [1.165, 1.54) is 0 Å². The van der Waals surface area contributed by atoms with Gasteiger partial charge in [0.25, 0.3) is 0 Å². The highest BCUT2D eigenvalue weighted by molar-refractivity contribution is 9.10. The molecule has 0 aliphatic carbocycles.